The van der Waals surface area contributed by atoms with Crippen LogP contribution in [0.3, 0.4) is 0 Å². The Morgan fingerprint density at radius 1 is 1.19 bits per heavy atom. The van der Waals surface area contributed by atoms with Crippen molar-refractivity contribution in [1.29, 1.82) is 0 Å². The predicted molar refractivity (Wildman–Crippen MR) is 75.8 cm³/mol. The number of hydrogen-bond acceptors (Lipinski definition) is 5. The molecule has 6 nitrogen and oxygen atoms in total. The lowest BCUT2D eigenvalue weighted by Crippen LogP contribution is -2.10. The molecule has 106 valence electrons. The smallest absolute Gasteiger partial charge is 0.291 e. The summed E-state index contributed by atoms with van der Waals surface area (Å²) >= 11 is 0. The summed E-state index contributed by atoms with van der Waals surface area (Å²) in [5.41, 5.74) is 1.47. The van der Waals surface area contributed by atoms with E-state index in [0.29, 0.717) is 23.9 Å². The van der Waals surface area contributed by atoms with E-state index in [1.807, 2.05) is 19.1 Å². The third-order valence-electron chi connectivity index (χ3n) is 2.90. The molecule has 0 aliphatic carbocycles. The van der Waals surface area contributed by atoms with Crippen LogP contribution in [0.5, 0.6) is 0 Å². The van der Waals surface area contributed by atoms with Crippen molar-refractivity contribution < 1.29 is 13.6 Å². The molecule has 3 rings (SSSR count). The second-order valence-corrected chi connectivity index (χ2v) is 4.36. The van der Waals surface area contributed by atoms with Gasteiger partial charge in [0.2, 0.25) is 11.8 Å². The molecule has 0 aliphatic rings. The summed E-state index contributed by atoms with van der Waals surface area (Å²) in [5.74, 6) is 1.04. The molecule has 0 unspecified atom stereocenters. The summed E-state index contributed by atoms with van der Waals surface area (Å²) in [4.78, 5) is 11.8. The van der Waals surface area contributed by atoms with Gasteiger partial charge in [0.25, 0.3) is 5.91 Å². The van der Waals surface area contributed by atoms with Crippen molar-refractivity contribution in [3.05, 3.63) is 54.3 Å². The van der Waals surface area contributed by atoms with Crippen LogP contribution in [-0.2, 0) is 6.42 Å². The number of aromatic nitrogens is 2. The lowest BCUT2D eigenvalue weighted by Gasteiger charge is -2.03. The third kappa shape index (κ3) is 2.84. The molecule has 0 fully saturated rings. The van der Waals surface area contributed by atoms with Gasteiger partial charge in [0.1, 0.15) is 0 Å². The lowest BCUT2D eigenvalue weighted by molar-refractivity contribution is 0.0996. The molecule has 1 N–H and O–H groups in total. The first-order chi connectivity index (χ1) is 10.3. The number of benzene rings is 1. The molecule has 0 bridgehead atoms. The van der Waals surface area contributed by atoms with Gasteiger partial charge >= 0.3 is 0 Å². The number of rotatable bonds is 4. The average Bonchev–Trinajstić information content (AvgIpc) is 3.19. The topological polar surface area (TPSA) is 81.2 Å². The van der Waals surface area contributed by atoms with E-state index in [0.717, 1.165) is 5.56 Å². The molecule has 21 heavy (non-hydrogen) atoms. The quantitative estimate of drug-likeness (QED) is 0.795. The number of nitrogens with one attached hydrogen (secondary N) is 1. The molecule has 1 amide bonds. The Bertz CT molecular complexity index is 730. The van der Waals surface area contributed by atoms with Gasteiger partial charge in [-0.1, -0.05) is 6.92 Å². The normalized spacial score (nSPS) is 10.5. The standard InChI is InChI=1S/C15H13N3O3/c1-2-13-17-18-15(21-13)10-5-7-11(8-6-10)16-14(19)12-4-3-9-20-12/h3-9H,2H2,1H3,(H,16,19). The maximum atomic E-state index is 11.8. The SMILES string of the molecule is CCc1nnc(-c2ccc(NC(=O)c3ccco3)cc2)o1. The maximum Gasteiger partial charge on any atom is 0.291 e. The van der Waals surface area contributed by atoms with Gasteiger partial charge in [-0.05, 0) is 36.4 Å². The molecule has 2 aromatic heterocycles. The Hall–Kier alpha value is -2.89. The van der Waals surface area contributed by atoms with Crippen LogP contribution in [-0.4, -0.2) is 16.1 Å². The fourth-order valence-electron chi connectivity index (χ4n) is 1.81. The van der Waals surface area contributed by atoms with Gasteiger partial charge < -0.3 is 14.2 Å². The van der Waals surface area contributed by atoms with Crippen LogP contribution in [0.15, 0.2) is 51.5 Å². The van der Waals surface area contributed by atoms with Crippen molar-refractivity contribution in [2.75, 3.05) is 5.32 Å². The summed E-state index contributed by atoms with van der Waals surface area (Å²) in [6.45, 7) is 1.95. The minimum Gasteiger partial charge on any atom is -0.459 e. The molecule has 0 atom stereocenters. The number of anilines is 1. The van der Waals surface area contributed by atoms with Crippen molar-refractivity contribution in [1.82, 2.24) is 10.2 Å². The molecule has 3 aromatic rings. The van der Waals surface area contributed by atoms with Crippen molar-refractivity contribution in [2.24, 2.45) is 0 Å². The molecule has 0 radical (unpaired) electrons. The Labute approximate surface area is 120 Å². The highest BCUT2D eigenvalue weighted by atomic mass is 16.4. The number of nitrogens with zero attached hydrogens (tertiary/aromatic N) is 2. The van der Waals surface area contributed by atoms with Crippen molar-refractivity contribution >= 4 is 11.6 Å². The van der Waals surface area contributed by atoms with E-state index in [4.69, 9.17) is 8.83 Å². The van der Waals surface area contributed by atoms with Gasteiger partial charge in [-0.2, -0.15) is 0 Å². The van der Waals surface area contributed by atoms with Gasteiger partial charge in [0, 0.05) is 17.7 Å². The summed E-state index contributed by atoms with van der Waals surface area (Å²) in [5, 5.41) is 10.6. The Balaban J connectivity index is 1.73. The second-order valence-electron chi connectivity index (χ2n) is 4.36. The van der Waals surface area contributed by atoms with E-state index in [-0.39, 0.29) is 11.7 Å². The largest absolute Gasteiger partial charge is 0.459 e. The second kappa shape index (κ2) is 5.62. The molecule has 6 heteroatoms. The molecule has 0 aliphatic heterocycles. The maximum absolute atomic E-state index is 11.8. The summed E-state index contributed by atoms with van der Waals surface area (Å²) in [6.07, 6.45) is 2.16. The number of carbonyl (C=O) groups excluding carboxylic acids is 1. The number of hydrogen-bond donors (Lipinski definition) is 1. The molecule has 0 saturated carbocycles. The predicted octanol–water partition coefficient (Wildman–Crippen LogP) is 3.14. The van der Waals surface area contributed by atoms with Crippen LogP contribution < -0.4 is 5.32 Å². The molecular weight excluding hydrogens is 270 g/mol. The molecular formula is C15H13N3O3. The first kappa shape index (κ1) is 13.1. The van der Waals surface area contributed by atoms with Crippen molar-refractivity contribution in [3.63, 3.8) is 0 Å². The number of carbonyl (C=O) groups is 1. The van der Waals surface area contributed by atoms with Crippen LogP contribution in [0.1, 0.15) is 23.4 Å². The highest BCUT2D eigenvalue weighted by Gasteiger charge is 2.10. The van der Waals surface area contributed by atoms with Crippen LogP contribution in [0, 0.1) is 0 Å². The Morgan fingerprint density at radius 3 is 2.62 bits per heavy atom. The zero-order valence-electron chi connectivity index (χ0n) is 11.4. The van der Waals surface area contributed by atoms with E-state index in [1.165, 1.54) is 6.26 Å². The van der Waals surface area contributed by atoms with E-state index < -0.39 is 0 Å². The Morgan fingerprint density at radius 2 is 2.00 bits per heavy atom. The van der Waals surface area contributed by atoms with Crippen LogP contribution in [0.4, 0.5) is 5.69 Å². The van der Waals surface area contributed by atoms with Crippen molar-refractivity contribution in [2.45, 2.75) is 13.3 Å². The fourth-order valence-corrected chi connectivity index (χ4v) is 1.81. The first-order valence-electron chi connectivity index (χ1n) is 6.54. The van der Waals surface area contributed by atoms with Gasteiger partial charge in [0.05, 0.1) is 6.26 Å². The highest BCUT2D eigenvalue weighted by molar-refractivity contribution is 6.02. The first-order valence-corrected chi connectivity index (χ1v) is 6.54. The summed E-state index contributed by atoms with van der Waals surface area (Å²) in [6, 6.07) is 10.4. The van der Waals surface area contributed by atoms with Gasteiger partial charge in [-0.3, -0.25) is 4.79 Å². The lowest BCUT2D eigenvalue weighted by atomic mass is 10.2. The van der Waals surface area contributed by atoms with Gasteiger partial charge in [-0.25, -0.2) is 0 Å². The van der Waals surface area contributed by atoms with Crippen LogP contribution in [0.25, 0.3) is 11.5 Å². The average molecular weight is 283 g/mol. The van der Waals surface area contributed by atoms with Gasteiger partial charge in [-0.15, -0.1) is 10.2 Å². The van der Waals surface area contributed by atoms with E-state index in [2.05, 4.69) is 15.5 Å². The van der Waals surface area contributed by atoms with E-state index >= 15 is 0 Å². The molecule has 0 saturated heterocycles. The van der Waals surface area contributed by atoms with E-state index in [9.17, 15) is 4.79 Å². The monoisotopic (exact) mass is 283 g/mol. The van der Waals surface area contributed by atoms with Gasteiger partial charge in [0.15, 0.2) is 5.76 Å². The minimum absolute atomic E-state index is 0.267. The zero-order valence-corrected chi connectivity index (χ0v) is 11.4. The highest BCUT2D eigenvalue weighted by Crippen LogP contribution is 2.20. The number of aryl methyl sites for hydroxylation is 1. The van der Waals surface area contributed by atoms with Crippen LogP contribution >= 0.6 is 0 Å². The summed E-state index contributed by atoms with van der Waals surface area (Å²) in [7, 11) is 0. The third-order valence-corrected chi connectivity index (χ3v) is 2.90. The molecule has 0 spiro atoms. The fraction of sp³-hybridized carbons (Fsp3) is 0.133. The van der Waals surface area contributed by atoms with E-state index in [1.54, 1.807) is 24.3 Å². The molecule has 1 aromatic carbocycles. The molecule has 2 heterocycles. The zero-order chi connectivity index (χ0) is 14.7. The minimum atomic E-state index is -0.293. The Kier molecular flexibility index (Phi) is 3.51. The van der Waals surface area contributed by atoms with Crippen LogP contribution in [0.2, 0.25) is 0 Å². The summed E-state index contributed by atoms with van der Waals surface area (Å²) < 4.78 is 10.5. The van der Waals surface area contributed by atoms with Crippen molar-refractivity contribution in [3.8, 4) is 11.5 Å². The number of amides is 1. The number of furan rings is 1.